The number of unbranched alkanes of at least 4 members (excludes halogenated alkanes) is 12. The number of carboxylic acids is 1. The Kier molecular flexibility index (Phi) is 32.9. The minimum atomic E-state index is -0.655. The van der Waals surface area contributed by atoms with Gasteiger partial charge in [0.1, 0.15) is 0 Å². The van der Waals surface area contributed by atoms with Crippen LogP contribution in [0, 0.1) is 0 Å². The zero-order valence-electron chi connectivity index (χ0n) is 20.0. The molecular weight excluding hydrogens is 400 g/mol. The standard InChI is InChI=1S/C16H32O2.C8H18O5/c1-2-3-4-5-6-7-8-9-10-11-12-13-14-15-16(17)18;9-1-3-11-5-7-13-8-6-12-4-2-10/h2-15H2,1H3,(H,17,18);9-10H,1-8H2. The molecule has 0 spiro atoms. The van der Waals surface area contributed by atoms with Crippen LogP contribution in [-0.4, -0.2) is 74.1 Å². The van der Waals surface area contributed by atoms with E-state index < -0.39 is 5.97 Å². The summed E-state index contributed by atoms with van der Waals surface area (Å²) in [6.45, 7) is 5.02. The van der Waals surface area contributed by atoms with Crippen molar-refractivity contribution in [2.24, 2.45) is 0 Å². The highest BCUT2D eigenvalue weighted by Crippen LogP contribution is 2.12. The van der Waals surface area contributed by atoms with Crippen LogP contribution in [0.4, 0.5) is 0 Å². The Morgan fingerprint density at radius 1 is 0.548 bits per heavy atom. The molecule has 0 aromatic carbocycles. The predicted octanol–water partition coefficient (Wildman–Crippen LogP) is 4.57. The number of hydrogen-bond acceptors (Lipinski definition) is 6. The Labute approximate surface area is 190 Å². The smallest absolute Gasteiger partial charge is 0.303 e. The van der Waals surface area contributed by atoms with Crippen LogP contribution in [0.3, 0.4) is 0 Å². The summed E-state index contributed by atoms with van der Waals surface area (Å²) in [4.78, 5) is 10.3. The van der Waals surface area contributed by atoms with Gasteiger partial charge in [-0.25, -0.2) is 0 Å². The Morgan fingerprint density at radius 3 is 1.19 bits per heavy atom. The average Bonchev–Trinajstić information content (AvgIpc) is 2.76. The predicted molar refractivity (Wildman–Crippen MR) is 125 cm³/mol. The van der Waals surface area contributed by atoms with Gasteiger partial charge in [-0.15, -0.1) is 0 Å². The fourth-order valence-electron chi connectivity index (χ4n) is 2.96. The summed E-state index contributed by atoms with van der Waals surface area (Å²) in [5.74, 6) is -0.655. The van der Waals surface area contributed by atoms with Crippen LogP contribution >= 0.6 is 0 Å². The minimum absolute atomic E-state index is 0.0413. The van der Waals surface area contributed by atoms with Gasteiger partial charge in [0.05, 0.1) is 52.9 Å². The first kappa shape index (κ1) is 32.4. The molecule has 0 saturated carbocycles. The lowest BCUT2D eigenvalue weighted by Crippen LogP contribution is -2.11. The van der Waals surface area contributed by atoms with Crippen molar-refractivity contribution in [3.63, 3.8) is 0 Å². The first-order chi connectivity index (χ1) is 15.2. The summed E-state index contributed by atoms with van der Waals surface area (Å²) < 4.78 is 15.0. The summed E-state index contributed by atoms with van der Waals surface area (Å²) >= 11 is 0. The molecule has 0 heterocycles. The van der Waals surface area contributed by atoms with Crippen molar-refractivity contribution in [2.45, 2.75) is 96.8 Å². The number of hydrogen-bond donors (Lipinski definition) is 3. The maximum absolute atomic E-state index is 10.3. The molecule has 7 nitrogen and oxygen atoms in total. The molecule has 0 unspecified atom stereocenters. The molecule has 0 rings (SSSR count). The van der Waals surface area contributed by atoms with E-state index in [2.05, 4.69) is 6.92 Å². The van der Waals surface area contributed by atoms with Crippen molar-refractivity contribution in [1.82, 2.24) is 0 Å². The lowest BCUT2D eigenvalue weighted by Gasteiger charge is -2.04. The number of aliphatic hydroxyl groups excluding tert-OH is 2. The van der Waals surface area contributed by atoms with Crippen LogP contribution in [0.1, 0.15) is 96.8 Å². The first-order valence-electron chi connectivity index (χ1n) is 12.4. The van der Waals surface area contributed by atoms with Gasteiger partial charge in [-0.2, -0.15) is 0 Å². The molecule has 7 heteroatoms. The van der Waals surface area contributed by atoms with Crippen molar-refractivity contribution in [3.05, 3.63) is 0 Å². The fourth-order valence-corrected chi connectivity index (χ4v) is 2.96. The summed E-state index contributed by atoms with van der Waals surface area (Å²) in [7, 11) is 0. The normalized spacial score (nSPS) is 10.7. The highest BCUT2D eigenvalue weighted by Gasteiger charge is 1.97. The number of rotatable bonds is 24. The van der Waals surface area contributed by atoms with Crippen LogP contribution in [0.25, 0.3) is 0 Å². The van der Waals surface area contributed by atoms with E-state index in [4.69, 9.17) is 29.5 Å². The van der Waals surface area contributed by atoms with Gasteiger partial charge in [0, 0.05) is 6.42 Å². The van der Waals surface area contributed by atoms with Crippen molar-refractivity contribution in [3.8, 4) is 0 Å². The molecule has 0 aromatic rings. The monoisotopic (exact) mass is 450 g/mol. The summed E-state index contributed by atoms with van der Waals surface area (Å²) in [6.07, 6.45) is 17.3. The second kappa shape index (κ2) is 31.5. The zero-order valence-corrected chi connectivity index (χ0v) is 20.0. The Balaban J connectivity index is 0. The van der Waals surface area contributed by atoms with Gasteiger partial charge >= 0.3 is 5.97 Å². The van der Waals surface area contributed by atoms with Crippen LogP contribution in [0.5, 0.6) is 0 Å². The second-order valence-corrected chi connectivity index (χ2v) is 7.67. The molecule has 0 amide bonds. The molecule has 0 radical (unpaired) electrons. The van der Waals surface area contributed by atoms with Crippen LogP contribution < -0.4 is 0 Å². The van der Waals surface area contributed by atoms with E-state index in [1.807, 2.05) is 0 Å². The van der Waals surface area contributed by atoms with Gasteiger partial charge < -0.3 is 29.5 Å². The lowest BCUT2D eigenvalue weighted by molar-refractivity contribution is -0.137. The molecule has 3 N–H and O–H groups in total. The molecule has 0 aromatic heterocycles. The maximum Gasteiger partial charge on any atom is 0.303 e. The molecule has 31 heavy (non-hydrogen) atoms. The zero-order chi connectivity index (χ0) is 23.3. The molecule has 0 saturated heterocycles. The topological polar surface area (TPSA) is 105 Å². The van der Waals surface area contributed by atoms with Gasteiger partial charge in [-0.05, 0) is 6.42 Å². The highest BCUT2D eigenvalue weighted by molar-refractivity contribution is 5.66. The van der Waals surface area contributed by atoms with Gasteiger partial charge in [0.25, 0.3) is 0 Å². The Bertz CT molecular complexity index is 317. The average molecular weight is 451 g/mol. The second-order valence-electron chi connectivity index (χ2n) is 7.67. The molecule has 0 aliphatic rings. The number of carbonyl (C=O) groups is 1. The van der Waals surface area contributed by atoms with E-state index in [0.717, 1.165) is 12.8 Å². The van der Waals surface area contributed by atoms with E-state index in [1.165, 1.54) is 70.6 Å². The Morgan fingerprint density at radius 2 is 0.871 bits per heavy atom. The van der Waals surface area contributed by atoms with E-state index in [1.54, 1.807) is 0 Å². The van der Waals surface area contributed by atoms with E-state index in [9.17, 15) is 4.79 Å². The molecule has 0 aliphatic carbocycles. The van der Waals surface area contributed by atoms with E-state index in [-0.39, 0.29) is 13.2 Å². The van der Waals surface area contributed by atoms with Crippen molar-refractivity contribution < 1.29 is 34.3 Å². The SMILES string of the molecule is CCCCCCCCCCCCCCCC(=O)O.OCCOCCOCCOCCO. The highest BCUT2D eigenvalue weighted by atomic mass is 16.5. The van der Waals surface area contributed by atoms with Gasteiger partial charge in [-0.1, -0.05) is 84.0 Å². The van der Waals surface area contributed by atoms with Gasteiger partial charge in [-0.3, -0.25) is 4.79 Å². The fraction of sp³-hybridized carbons (Fsp3) is 0.958. The quantitative estimate of drug-likeness (QED) is 0.185. The van der Waals surface area contributed by atoms with E-state index in [0.29, 0.717) is 46.1 Å². The van der Waals surface area contributed by atoms with Crippen LogP contribution in [0.15, 0.2) is 0 Å². The van der Waals surface area contributed by atoms with Crippen LogP contribution in [0.2, 0.25) is 0 Å². The largest absolute Gasteiger partial charge is 0.481 e. The number of aliphatic hydroxyl groups is 2. The van der Waals surface area contributed by atoms with Gasteiger partial charge in [0.15, 0.2) is 0 Å². The molecule has 0 bridgehead atoms. The molecule has 0 fully saturated rings. The van der Waals surface area contributed by atoms with E-state index >= 15 is 0 Å². The molecule has 0 aliphatic heterocycles. The Hall–Kier alpha value is -0.730. The number of ether oxygens (including phenoxy) is 3. The summed E-state index contributed by atoms with van der Waals surface area (Å²) in [5.41, 5.74) is 0. The van der Waals surface area contributed by atoms with Crippen molar-refractivity contribution >= 4 is 5.97 Å². The van der Waals surface area contributed by atoms with Crippen molar-refractivity contribution in [2.75, 3.05) is 52.9 Å². The first-order valence-corrected chi connectivity index (χ1v) is 12.4. The lowest BCUT2D eigenvalue weighted by atomic mass is 10.0. The number of aliphatic carboxylic acids is 1. The summed E-state index contributed by atoms with van der Waals surface area (Å²) in [6, 6.07) is 0. The molecule has 188 valence electrons. The summed E-state index contributed by atoms with van der Waals surface area (Å²) in [5, 5.41) is 25.2. The van der Waals surface area contributed by atoms with Gasteiger partial charge in [0.2, 0.25) is 0 Å². The third-order valence-corrected chi connectivity index (χ3v) is 4.71. The van der Waals surface area contributed by atoms with Crippen molar-refractivity contribution in [1.29, 1.82) is 0 Å². The maximum atomic E-state index is 10.3. The molecular formula is C24H50O7. The third kappa shape index (κ3) is 37.0. The third-order valence-electron chi connectivity index (χ3n) is 4.71. The van der Waals surface area contributed by atoms with Crippen LogP contribution in [-0.2, 0) is 19.0 Å². The minimum Gasteiger partial charge on any atom is -0.481 e. The number of carboxylic acid groups (broad SMARTS) is 1. The molecule has 0 atom stereocenters.